The molecule has 2 aliphatic rings. The molecule has 0 amide bonds. The third-order valence-corrected chi connectivity index (χ3v) is 4.80. The molecule has 1 aliphatic heterocycles. The van der Waals surface area contributed by atoms with E-state index in [-0.39, 0.29) is 0 Å². The zero-order valence-electron chi connectivity index (χ0n) is 13.0. The van der Waals surface area contributed by atoms with Crippen molar-refractivity contribution in [2.45, 2.75) is 57.3 Å². The van der Waals surface area contributed by atoms with E-state index in [0.29, 0.717) is 17.8 Å². The lowest BCUT2D eigenvalue weighted by molar-refractivity contribution is -0.0399. The largest absolute Gasteiger partial charge is 0.478 e. The minimum Gasteiger partial charge on any atom is -0.478 e. The molecular weight excluding hydrogens is 278 g/mol. The van der Waals surface area contributed by atoms with E-state index in [0.717, 1.165) is 38.0 Å². The number of nitrogens with zero attached hydrogens (tertiary/aromatic N) is 1. The predicted octanol–water partition coefficient (Wildman–Crippen LogP) is 3.31. The summed E-state index contributed by atoms with van der Waals surface area (Å²) >= 11 is 0. The molecule has 3 rings (SSSR count). The van der Waals surface area contributed by atoms with Gasteiger partial charge in [0.2, 0.25) is 0 Å². The summed E-state index contributed by atoms with van der Waals surface area (Å²) in [5.74, 6) is -0.856. The molecule has 22 heavy (non-hydrogen) atoms. The van der Waals surface area contributed by atoms with Gasteiger partial charge in [-0.15, -0.1) is 0 Å². The Kier molecular flexibility index (Phi) is 5.11. The smallest absolute Gasteiger partial charge is 0.335 e. The van der Waals surface area contributed by atoms with Crippen LogP contribution < -0.4 is 0 Å². The zero-order valence-corrected chi connectivity index (χ0v) is 13.0. The summed E-state index contributed by atoms with van der Waals surface area (Å²) in [6, 6.07) is 7.26. The normalized spacial score (nSPS) is 21.3. The third kappa shape index (κ3) is 4.08. The number of hydrogen-bond acceptors (Lipinski definition) is 3. The number of carbonyl (C=O) groups is 1. The number of rotatable bonds is 5. The van der Waals surface area contributed by atoms with Crippen LogP contribution in [-0.2, 0) is 11.3 Å². The molecule has 1 aromatic carbocycles. The van der Waals surface area contributed by atoms with Crippen molar-refractivity contribution >= 4 is 5.97 Å². The Bertz CT molecular complexity index is 503. The summed E-state index contributed by atoms with van der Waals surface area (Å²) < 4.78 is 6.20. The molecule has 0 aromatic heterocycles. The Balaban J connectivity index is 1.47. The Labute approximate surface area is 132 Å². The Morgan fingerprint density at radius 2 is 1.82 bits per heavy atom. The van der Waals surface area contributed by atoms with E-state index in [1.807, 2.05) is 12.1 Å². The first-order valence-electron chi connectivity index (χ1n) is 8.41. The van der Waals surface area contributed by atoms with E-state index in [9.17, 15) is 4.79 Å². The van der Waals surface area contributed by atoms with Crippen molar-refractivity contribution in [1.29, 1.82) is 0 Å². The van der Waals surface area contributed by atoms with Gasteiger partial charge in [-0.05, 0) is 43.4 Å². The molecule has 0 spiro atoms. The Morgan fingerprint density at radius 3 is 2.50 bits per heavy atom. The fraction of sp³-hybridized carbons (Fsp3) is 0.611. The van der Waals surface area contributed by atoms with Crippen LogP contribution in [0.5, 0.6) is 0 Å². The van der Waals surface area contributed by atoms with Gasteiger partial charge in [0, 0.05) is 19.6 Å². The average Bonchev–Trinajstić information content (AvgIpc) is 3.02. The number of hydrogen-bond donors (Lipinski definition) is 1. The lowest BCUT2D eigenvalue weighted by Gasteiger charge is -2.33. The van der Waals surface area contributed by atoms with Crippen LogP contribution in [0.3, 0.4) is 0 Å². The van der Waals surface area contributed by atoms with Crippen molar-refractivity contribution in [1.82, 2.24) is 4.90 Å². The number of carboxylic acids is 1. The minimum atomic E-state index is -0.856. The molecule has 0 radical (unpaired) electrons. The minimum absolute atomic E-state index is 0.372. The van der Waals surface area contributed by atoms with Gasteiger partial charge in [0.25, 0.3) is 0 Å². The van der Waals surface area contributed by atoms with Crippen LogP contribution in [0.2, 0.25) is 0 Å². The Morgan fingerprint density at radius 1 is 1.14 bits per heavy atom. The number of aromatic carboxylic acids is 1. The monoisotopic (exact) mass is 303 g/mol. The fourth-order valence-corrected chi connectivity index (χ4v) is 3.56. The fourth-order valence-electron chi connectivity index (χ4n) is 3.56. The first kappa shape index (κ1) is 15.5. The number of piperidine rings is 1. The van der Waals surface area contributed by atoms with Crippen LogP contribution in [0.4, 0.5) is 0 Å². The number of carboxylic acid groups (broad SMARTS) is 1. The van der Waals surface area contributed by atoms with Crippen molar-refractivity contribution < 1.29 is 14.6 Å². The lowest BCUT2D eigenvalue weighted by Crippen LogP contribution is -2.37. The second-order valence-corrected chi connectivity index (χ2v) is 6.52. The third-order valence-electron chi connectivity index (χ3n) is 4.80. The number of benzene rings is 1. The molecule has 4 heteroatoms. The molecule has 1 saturated carbocycles. The molecule has 1 saturated heterocycles. The molecule has 0 atom stereocenters. The van der Waals surface area contributed by atoms with E-state index in [2.05, 4.69) is 4.90 Å². The zero-order chi connectivity index (χ0) is 15.4. The highest BCUT2D eigenvalue weighted by molar-refractivity contribution is 5.87. The van der Waals surface area contributed by atoms with Crippen molar-refractivity contribution in [3.63, 3.8) is 0 Å². The average molecular weight is 303 g/mol. The molecule has 4 nitrogen and oxygen atoms in total. The van der Waals surface area contributed by atoms with E-state index in [4.69, 9.17) is 9.84 Å². The predicted molar refractivity (Wildman–Crippen MR) is 85.0 cm³/mol. The lowest BCUT2D eigenvalue weighted by atomic mass is 10.1. The molecule has 0 unspecified atom stereocenters. The van der Waals surface area contributed by atoms with Gasteiger partial charge in [0.15, 0.2) is 0 Å². The highest BCUT2D eigenvalue weighted by Crippen LogP contribution is 2.25. The second kappa shape index (κ2) is 7.25. The van der Waals surface area contributed by atoms with Gasteiger partial charge < -0.3 is 9.84 Å². The molecular formula is C18H25NO3. The maximum absolute atomic E-state index is 11.0. The van der Waals surface area contributed by atoms with Gasteiger partial charge in [0.1, 0.15) is 0 Å². The second-order valence-electron chi connectivity index (χ2n) is 6.52. The summed E-state index contributed by atoms with van der Waals surface area (Å²) in [6.07, 6.45) is 8.23. The summed E-state index contributed by atoms with van der Waals surface area (Å²) in [6.45, 7) is 2.90. The SMILES string of the molecule is O=C(O)c1cccc(CN2CCC(OC3CCCC3)CC2)c1. The molecule has 1 aliphatic carbocycles. The van der Waals surface area contributed by atoms with Crippen LogP contribution in [0.25, 0.3) is 0 Å². The summed E-state index contributed by atoms with van der Waals surface area (Å²) in [4.78, 5) is 13.4. The maximum atomic E-state index is 11.0. The van der Waals surface area contributed by atoms with Gasteiger partial charge in [-0.3, -0.25) is 4.90 Å². The van der Waals surface area contributed by atoms with Crippen LogP contribution in [0.1, 0.15) is 54.4 Å². The van der Waals surface area contributed by atoms with Gasteiger partial charge >= 0.3 is 5.97 Å². The van der Waals surface area contributed by atoms with Crippen LogP contribution >= 0.6 is 0 Å². The summed E-state index contributed by atoms with van der Waals surface area (Å²) in [5.41, 5.74) is 1.45. The van der Waals surface area contributed by atoms with Crippen molar-refractivity contribution in [2.24, 2.45) is 0 Å². The highest BCUT2D eigenvalue weighted by atomic mass is 16.5. The van der Waals surface area contributed by atoms with Crippen molar-refractivity contribution in [2.75, 3.05) is 13.1 Å². The molecule has 1 heterocycles. The first-order valence-corrected chi connectivity index (χ1v) is 8.41. The molecule has 1 aromatic rings. The van der Waals surface area contributed by atoms with Crippen molar-refractivity contribution in [3.8, 4) is 0 Å². The Hall–Kier alpha value is -1.39. The van der Waals surface area contributed by atoms with E-state index >= 15 is 0 Å². The van der Waals surface area contributed by atoms with E-state index < -0.39 is 5.97 Å². The van der Waals surface area contributed by atoms with Crippen LogP contribution in [-0.4, -0.2) is 41.3 Å². The first-order chi connectivity index (χ1) is 10.7. The van der Waals surface area contributed by atoms with Gasteiger partial charge in [-0.2, -0.15) is 0 Å². The standard InChI is InChI=1S/C18H25NO3/c20-18(21)15-5-3-4-14(12-15)13-19-10-8-17(9-11-19)22-16-6-1-2-7-16/h3-5,12,16-17H,1-2,6-11,13H2,(H,20,21). The van der Waals surface area contributed by atoms with Gasteiger partial charge in [-0.1, -0.05) is 25.0 Å². The molecule has 1 N–H and O–H groups in total. The highest BCUT2D eigenvalue weighted by Gasteiger charge is 2.24. The topological polar surface area (TPSA) is 49.8 Å². The van der Waals surface area contributed by atoms with Gasteiger partial charge in [-0.25, -0.2) is 4.79 Å². The summed E-state index contributed by atoms with van der Waals surface area (Å²) in [7, 11) is 0. The summed E-state index contributed by atoms with van der Waals surface area (Å²) in [5, 5.41) is 9.06. The van der Waals surface area contributed by atoms with E-state index in [1.165, 1.54) is 25.7 Å². The van der Waals surface area contributed by atoms with Crippen molar-refractivity contribution in [3.05, 3.63) is 35.4 Å². The molecule has 2 fully saturated rings. The van der Waals surface area contributed by atoms with Gasteiger partial charge in [0.05, 0.1) is 17.8 Å². The maximum Gasteiger partial charge on any atom is 0.335 e. The van der Waals surface area contributed by atoms with E-state index in [1.54, 1.807) is 12.1 Å². The van der Waals surface area contributed by atoms with Crippen LogP contribution in [0.15, 0.2) is 24.3 Å². The quantitative estimate of drug-likeness (QED) is 0.906. The molecule has 0 bridgehead atoms. The number of likely N-dealkylation sites (tertiary alicyclic amines) is 1. The number of ether oxygens (including phenoxy) is 1. The molecule has 120 valence electrons. The van der Waals surface area contributed by atoms with Crippen LogP contribution in [0, 0.1) is 0 Å².